The van der Waals surface area contributed by atoms with Gasteiger partial charge in [-0.15, -0.1) is 0 Å². The van der Waals surface area contributed by atoms with E-state index in [4.69, 9.17) is 0 Å². The van der Waals surface area contributed by atoms with Gasteiger partial charge in [-0.2, -0.15) is 0 Å². The standard InChI is InChI=1S/C27H23N/c1-21(2)28(26-17-9-15-24(19-26)22-11-5-3-6-12-22)27-18-10-16-25(20-27)23-13-7-4-8-14-23/h3-20H,1H2,2H3. The van der Waals surface area contributed by atoms with Crippen LogP contribution in [-0.4, -0.2) is 0 Å². The van der Waals surface area contributed by atoms with Crippen molar-refractivity contribution in [3.8, 4) is 22.3 Å². The second kappa shape index (κ2) is 7.98. The summed E-state index contributed by atoms with van der Waals surface area (Å²) >= 11 is 0. The molecule has 0 aliphatic carbocycles. The molecule has 0 atom stereocenters. The second-order valence-electron chi connectivity index (χ2n) is 6.90. The molecule has 0 spiro atoms. The van der Waals surface area contributed by atoms with Crippen LogP contribution in [0, 0.1) is 0 Å². The maximum Gasteiger partial charge on any atom is 0.0464 e. The van der Waals surface area contributed by atoms with Crippen LogP contribution in [0.3, 0.4) is 0 Å². The summed E-state index contributed by atoms with van der Waals surface area (Å²) in [6.45, 7) is 6.28. The second-order valence-corrected chi connectivity index (χ2v) is 6.90. The van der Waals surface area contributed by atoms with Gasteiger partial charge in [-0.05, 0) is 53.4 Å². The molecule has 1 heteroatoms. The summed E-state index contributed by atoms with van der Waals surface area (Å²) < 4.78 is 0. The van der Waals surface area contributed by atoms with Crippen molar-refractivity contribution < 1.29 is 0 Å². The Labute approximate surface area is 167 Å². The molecule has 0 amide bonds. The first-order valence-electron chi connectivity index (χ1n) is 9.49. The quantitative estimate of drug-likeness (QED) is 0.352. The summed E-state index contributed by atoms with van der Waals surface area (Å²) in [6.07, 6.45) is 0. The van der Waals surface area contributed by atoms with E-state index in [0.717, 1.165) is 17.1 Å². The maximum atomic E-state index is 4.24. The molecule has 4 aromatic rings. The number of hydrogen-bond acceptors (Lipinski definition) is 1. The molecule has 0 saturated carbocycles. The largest absolute Gasteiger partial charge is 0.315 e. The van der Waals surface area contributed by atoms with Crippen molar-refractivity contribution in [1.82, 2.24) is 0 Å². The first kappa shape index (κ1) is 17.8. The minimum absolute atomic E-state index is 0.982. The molecule has 0 heterocycles. The van der Waals surface area contributed by atoms with E-state index in [2.05, 4.69) is 109 Å². The van der Waals surface area contributed by atoms with Crippen molar-refractivity contribution in [3.63, 3.8) is 0 Å². The lowest BCUT2D eigenvalue weighted by atomic mass is 10.0. The molecule has 0 unspecified atom stereocenters. The van der Waals surface area contributed by atoms with Gasteiger partial charge in [0.1, 0.15) is 0 Å². The Hall–Kier alpha value is -3.58. The molecule has 1 nitrogen and oxygen atoms in total. The molecular formula is C27H23N. The predicted molar refractivity (Wildman–Crippen MR) is 121 cm³/mol. The molecule has 0 aliphatic rings. The van der Waals surface area contributed by atoms with E-state index in [1.807, 2.05) is 19.1 Å². The molecule has 0 N–H and O–H groups in total. The Balaban J connectivity index is 1.76. The number of anilines is 2. The number of benzene rings is 4. The monoisotopic (exact) mass is 361 g/mol. The topological polar surface area (TPSA) is 3.24 Å². The first-order valence-corrected chi connectivity index (χ1v) is 9.49. The molecule has 136 valence electrons. The predicted octanol–water partition coefficient (Wildman–Crippen LogP) is 7.69. The van der Waals surface area contributed by atoms with Gasteiger partial charge in [-0.25, -0.2) is 0 Å². The highest BCUT2D eigenvalue weighted by Crippen LogP contribution is 2.34. The van der Waals surface area contributed by atoms with Gasteiger partial charge in [0.2, 0.25) is 0 Å². The van der Waals surface area contributed by atoms with Crippen LogP contribution < -0.4 is 4.90 Å². The number of rotatable bonds is 5. The van der Waals surface area contributed by atoms with E-state index >= 15 is 0 Å². The lowest BCUT2D eigenvalue weighted by Crippen LogP contribution is -2.13. The smallest absolute Gasteiger partial charge is 0.0464 e. The molecule has 4 rings (SSSR count). The highest BCUT2D eigenvalue weighted by atomic mass is 15.1. The molecular weight excluding hydrogens is 338 g/mol. The summed E-state index contributed by atoms with van der Waals surface area (Å²) in [5, 5.41) is 0. The van der Waals surface area contributed by atoms with Crippen LogP contribution in [0.1, 0.15) is 6.92 Å². The Morgan fingerprint density at radius 2 is 0.929 bits per heavy atom. The fourth-order valence-electron chi connectivity index (χ4n) is 3.50. The Bertz CT molecular complexity index is 998. The summed E-state index contributed by atoms with van der Waals surface area (Å²) in [5.41, 5.74) is 8.02. The summed E-state index contributed by atoms with van der Waals surface area (Å²) in [7, 11) is 0. The third-order valence-electron chi connectivity index (χ3n) is 4.80. The maximum absolute atomic E-state index is 4.24. The van der Waals surface area contributed by atoms with Crippen molar-refractivity contribution in [2.24, 2.45) is 0 Å². The van der Waals surface area contributed by atoms with Crippen LogP contribution in [-0.2, 0) is 0 Å². The van der Waals surface area contributed by atoms with Crippen LogP contribution >= 0.6 is 0 Å². The van der Waals surface area contributed by atoms with Gasteiger partial charge in [-0.3, -0.25) is 0 Å². The molecule has 0 aliphatic heterocycles. The van der Waals surface area contributed by atoms with E-state index in [-0.39, 0.29) is 0 Å². The number of allylic oxidation sites excluding steroid dienone is 1. The average molecular weight is 361 g/mol. The van der Waals surface area contributed by atoms with Crippen LogP contribution in [0.4, 0.5) is 11.4 Å². The highest BCUT2D eigenvalue weighted by Gasteiger charge is 2.12. The average Bonchev–Trinajstić information content (AvgIpc) is 2.75. The zero-order chi connectivity index (χ0) is 19.3. The van der Waals surface area contributed by atoms with Gasteiger partial charge in [0.25, 0.3) is 0 Å². The molecule has 28 heavy (non-hydrogen) atoms. The van der Waals surface area contributed by atoms with Crippen LogP contribution in [0.15, 0.2) is 121 Å². The van der Waals surface area contributed by atoms with Crippen molar-refractivity contribution in [3.05, 3.63) is 121 Å². The van der Waals surface area contributed by atoms with Gasteiger partial charge in [0.05, 0.1) is 0 Å². The van der Waals surface area contributed by atoms with Crippen molar-refractivity contribution in [2.75, 3.05) is 4.90 Å². The fraction of sp³-hybridized carbons (Fsp3) is 0.0370. The van der Waals surface area contributed by atoms with E-state index in [0.29, 0.717) is 0 Å². The Kier molecular flexibility index (Phi) is 5.07. The zero-order valence-corrected chi connectivity index (χ0v) is 16.0. The Morgan fingerprint density at radius 3 is 1.32 bits per heavy atom. The molecule has 0 saturated heterocycles. The van der Waals surface area contributed by atoms with Crippen LogP contribution in [0.2, 0.25) is 0 Å². The van der Waals surface area contributed by atoms with Gasteiger partial charge in [-0.1, -0.05) is 91.5 Å². The van der Waals surface area contributed by atoms with E-state index in [9.17, 15) is 0 Å². The van der Waals surface area contributed by atoms with E-state index < -0.39 is 0 Å². The van der Waals surface area contributed by atoms with Gasteiger partial charge in [0, 0.05) is 17.1 Å². The summed E-state index contributed by atoms with van der Waals surface area (Å²) in [4.78, 5) is 2.21. The minimum atomic E-state index is 0.982. The van der Waals surface area contributed by atoms with Crippen LogP contribution in [0.25, 0.3) is 22.3 Å². The molecule has 0 aromatic heterocycles. The molecule has 0 radical (unpaired) electrons. The lowest BCUT2D eigenvalue weighted by Gasteiger charge is -2.26. The van der Waals surface area contributed by atoms with Crippen LogP contribution in [0.5, 0.6) is 0 Å². The SMILES string of the molecule is C=C(C)N(c1cccc(-c2ccccc2)c1)c1cccc(-c2ccccc2)c1. The molecule has 0 bridgehead atoms. The minimum Gasteiger partial charge on any atom is -0.315 e. The number of nitrogens with zero attached hydrogens (tertiary/aromatic N) is 1. The van der Waals surface area contributed by atoms with Gasteiger partial charge < -0.3 is 4.90 Å². The Morgan fingerprint density at radius 1 is 0.536 bits per heavy atom. The highest BCUT2D eigenvalue weighted by molar-refractivity contribution is 5.77. The fourth-order valence-corrected chi connectivity index (χ4v) is 3.50. The zero-order valence-electron chi connectivity index (χ0n) is 16.0. The summed E-state index contributed by atoms with van der Waals surface area (Å²) in [5.74, 6) is 0. The molecule has 4 aromatic carbocycles. The van der Waals surface area contributed by atoms with Gasteiger partial charge in [0.15, 0.2) is 0 Å². The van der Waals surface area contributed by atoms with E-state index in [1.165, 1.54) is 22.3 Å². The third kappa shape index (κ3) is 3.74. The normalized spacial score (nSPS) is 10.5. The number of hydrogen-bond donors (Lipinski definition) is 0. The van der Waals surface area contributed by atoms with E-state index in [1.54, 1.807) is 0 Å². The third-order valence-corrected chi connectivity index (χ3v) is 4.80. The summed E-state index contributed by atoms with van der Waals surface area (Å²) in [6, 6.07) is 38.2. The molecule has 0 fully saturated rings. The van der Waals surface area contributed by atoms with Crippen molar-refractivity contribution >= 4 is 11.4 Å². The first-order chi connectivity index (χ1) is 13.7. The van der Waals surface area contributed by atoms with Crippen molar-refractivity contribution in [2.45, 2.75) is 6.92 Å². The van der Waals surface area contributed by atoms with Gasteiger partial charge >= 0.3 is 0 Å². The lowest BCUT2D eigenvalue weighted by molar-refractivity contribution is 1.17. The van der Waals surface area contributed by atoms with Crippen molar-refractivity contribution in [1.29, 1.82) is 0 Å².